The van der Waals surface area contributed by atoms with Crippen LogP contribution in [0.5, 0.6) is 0 Å². The fourth-order valence-electron chi connectivity index (χ4n) is 3.17. The van der Waals surface area contributed by atoms with Gasteiger partial charge >= 0.3 is 0 Å². The molecule has 0 fully saturated rings. The largest absolute Gasteiger partial charge is 0.356 e. The maximum absolute atomic E-state index is 12.2. The highest BCUT2D eigenvalue weighted by atomic mass is 16.2. The highest BCUT2D eigenvalue weighted by Crippen LogP contribution is 2.28. The molecular formula is C28H65N3O2. The predicted octanol–water partition coefficient (Wildman–Crippen LogP) is 8.84. The van der Waals surface area contributed by atoms with Crippen LogP contribution in [0, 0.1) is 0 Å². The van der Waals surface area contributed by atoms with Gasteiger partial charge in [-0.1, -0.05) is 99.9 Å². The first kappa shape index (κ1) is 57.5. The number of carbonyl (C=O) groups excluding carboxylic acids is 2. The van der Waals surface area contributed by atoms with E-state index in [4.69, 9.17) is 0 Å². The maximum atomic E-state index is 12.2. The number of nitrogens with zero attached hydrogens (tertiary/aromatic N) is 1. The molecule has 0 unspecified atom stereocenters. The number of aromatic nitrogens is 1. The summed E-state index contributed by atoms with van der Waals surface area (Å²) < 4.78 is 2.27. The number of fused-ring (bicyclic) bond motifs is 3. The van der Waals surface area contributed by atoms with Gasteiger partial charge < -0.3 is 15.2 Å². The average Bonchev–Trinajstić information content (AvgIpc) is 2.82. The number of rotatable bonds is 5. The second-order valence-electron chi connectivity index (χ2n) is 5.69. The van der Waals surface area contributed by atoms with Crippen LogP contribution in [0.1, 0.15) is 118 Å². The van der Waals surface area contributed by atoms with E-state index in [9.17, 15) is 9.59 Å². The summed E-state index contributed by atoms with van der Waals surface area (Å²) in [4.78, 5) is 23.1. The Morgan fingerprint density at radius 2 is 1.45 bits per heavy atom. The SMILES string of the molecule is C.C.C.C.C.C.C.C.C.C.C.CC(=O)NCCCCn1c2c(c3ccccc31)C(=O)NCC2. The van der Waals surface area contributed by atoms with E-state index in [1.165, 1.54) is 6.92 Å². The molecule has 5 heteroatoms. The Balaban J connectivity index is -0.0000000748. The molecule has 2 N–H and O–H groups in total. The summed E-state index contributed by atoms with van der Waals surface area (Å²) in [6, 6.07) is 8.09. The third-order valence-corrected chi connectivity index (χ3v) is 4.14. The van der Waals surface area contributed by atoms with Crippen LogP contribution in [0.25, 0.3) is 10.9 Å². The van der Waals surface area contributed by atoms with Gasteiger partial charge in [-0.25, -0.2) is 0 Å². The first-order valence-electron chi connectivity index (χ1n) is 7.81. The Bertz CT molecular complexity index is 721. The van der Waals surface area contributed by atoms with Crippen molar-refractivity contribution in [1.29, 1.82) is 0 Å². The van der Waals surface area contributed by atoms with Gasteiger partial charge in [-0.05, 0) is 18.9 Å². The third kappa shape index (κ3) is 12.5. The molecular weight excluding hydrogens is 410 g/mol. The molecule has 0 bridgehead atoms. The molecule has 204 valence electrons. The minimum absolute atomic E-state index is 0. The van der Waals surface area contributed by atoms with Gasteiger partial charge in [-0.3, -0.25) is 9.59 Å². The van der Waals surface area contributed by atoms with Crippen molar-refractivity contribution in [3.8, 4) is 0 Å². The van der Waals surface area contributed by atoms with Gasteiger partial charge in [0.15, 0.2) is 0 Å². The van der Waals surface area contributed by atoms with E-state index in [1.54, 1.807) is 0 Å². The molecule has 0 radical (unpaired) electrons. The zero-order chi connectivity index (χ0) is 15.5. The van der Waals surface area contributed by atoms with Crippen LogP contribution >= 0.6 is 0 Å². The molecule has 0 spiro atoms. The van der Waals surface area contributed by atoms with Crippen molar-refractivity contribution < 1.29 is 9.59 Å². The van der Waals surface area contributed by atoms with E-state index < -0.39 is 0 Å². The van der Waals surface area contributed by atoms with Gasteiger partial charge in [0, 0.05) is 49.6 Å². The molecule has 1 aromatic heterocycles. The van der Waals surface area contributed by atoms with Crippen LogP contribution < -0.4 is 10.6 Å². The average molecular weight is 476 g/mol. The van der Waals surface area contributed by atoms with Gasteiger partial charge in [-0.15, -0.1) is 0 Å². The number of aryl methyl sites for hydroxylation is 1. The Labute approximate surface area is 210 Å². The van der Waals surface area contributed by atoms with Crippen molar-refractivity contribution >= 4 is 22.7 Å². The minimum Gasteiger partial charge on any atom is -0.356 e. The van der Waals surface area contributed by atoms with Crippen LogP contribution in [-0.2, 0) is 17.8 Å². The molecule has 5 nitrogen and oxygen atoms in total. The van der Waals surface area contributed by atoms with Crippen molar-refractivity contribution in [3.63, 3.8) is 0 Å². The van der Waals surface area contributed by atoms with E-state index in [0.29, 0.717) is 13.1 Å². The number of carbonyl (C=O) groups is 2. The number of unbranched alkanes of at least 4 members (excludes halogenated alkanes) is 1. The van der Waals surface area contributed by atoms with Crippen LogP contribution in [0.15, 0.2) is 24.3 Å². The van der Waals surface area contributed by atoms with Crippen molar-refractivity contribution in [2.24, 2.45) is 0 Å². The Kier molecular flexibility index (Phi) is 45.2. The van der Waals surface area contributed by atoms with E-state index >= 15 is 0 Å². The quantitative estimate of drug-likeness (QED) is 0.424. The molecule has 2 amide bonds. The lowest BCUT2D eigenvalue weighted by atomic mass is 10.1. The fraction of sp³-hybridized carbons (Fsp3) is 0.643. The molecule has 33 heavy (non-hydrogen) atoms. The van der Waals surface area contributed by atoms with Crippen molar-refractivity contribution in [2.45, 2.75) is 114 Å². The molecule has 3 rings (SSSR count). The van der Waals surface area contributed by atoms with Gasteiger partial charge in [0.25, 0.3) is 5.91 Å². The number of hydrogen-bond acceptors (Lipinski definition) is 2. The number of para-hydroxylation sites is 1. The van der Waals surface area contributed by atoms with Gasteiger partial charge in [0.1, 0.15) is 0 Å². The fourth-order valence-corrected chi connectivity index (χ4v) is 3.17. The van der Waals surface area contributed by atoms with E-state index in [2.05, 4.69) is 21.3 Å². The van der Waals surface area contributed by atoms with Crippen molar-refractivity contribution in [1.82, 2.24) is 15.2 Å². The summed E-state index contributed by atoms with van der Waals surface area (Å²) in [6.07, 6.45) is 2.79. The number of amides is 2. The monoisotopic (exact) mass is 476 g/mol. The normalized spacial score (nSPS) is 9.18. The predicted molar refractivity (Wildman–Crippen MR) is 160 cm³/mol. The van der Waals surface area contributed by atoms with Gasteiger partial charge in [-0.2, -0.15) is 0 Å². The summed E-state index contributed by atoms with van der Waals surface area (Å²) in [6.45, 7) is 3.82. The van der Waals surface area contributed by atoms with Gasteiger partial charge in [0.2, 0.25) is 5.91 Å². The summed E-state index contributed by atoms with van der Waals surface area (Å²) in [5.74, 6) is 0.0508. The third-order valence-electron chi connectivity index (χ3n) is 4.14. The Morgan fingerprint density at radius 3 is 2.00 bits per heavy atom. The zero-order valence-corrected chi connectivity index (χ0v) is 12.8. The molecule has 0 atom stereocenters. The number of benzene rings is 1. The van der Waals surface area contributed by atoms with Crippen LogP contribution in [0.2, 0.25) is 0 Å². The lowest BCUT2D eigenvalue weighted by Crippen LogP contribution is -2.32. The second-order valence-corrected chi connectivity index (χ2v) is 5.69. The highest BCUT2D eigenvalue weighted by Gasteiger charge is 2.24. The molecule has 0 aliphatic carbocycles. The maximum Gasteiger partial charge on any atom is 0.253 e. The molecule has 1 aliphatic rings. The first-order chi connectivity index (χ1) is 10.7. The van der Waals surface area contributed by atoms with Crippen molar-refractivity contribution in [3.05, 3.63) is 35.5 Å². The lowest BCUT2D eigenvalue weighted by molar-refractivity contribution is -0.118. The summed E-state index contributed by atoms with van der Waals surface area (Å²) in [5.41, 5.74) is 3.11. The van der Waals surface area contributed by atoms with E-state index in [-0.39, 0.29) is 93.5 Å². The standard InChI is InChI=1S/C17H21N3O2.11CH4/c1-12(21)18-9-4-5-11-20-14-7-3-2-6-13(14)16-15(20)8-10-19-17(16)22;;;;;;;;;;;/h2-3,6-7H,4-5,8-11H2,1H3,(H,18,21)(H,19,22);11*1H4. The second kappa shape index (κ2) is 26.0. The topological polar surface area (TPSA) is 63.1 Å². The first-order valence-corrected chi connectivity index (χ1v) is 7.81. The molecule has 1 aliphatic heterocycles. The Hall–Kier alpha value is -2.30. The summed E-state index contributed by atoms with van der Waals surface area (Å²) in [7, 11) is 0. The van der Waals surface area contributed by atoms with Gasteiger partial charge in [0.05, 0.1) is 5.56 Å². The summed E-state index contributed by atoms with van der Waals surface area (Å²) >= 11 is 0. The van der Waals surface area contributed by atoms with Crippen molar-refractivity contribution in [2.75, 3.05) is 13.1 Å². The molecule has 1 aromatic carbocycles. The van der Waals surface area contributed by atoms with Crippen LogP contribution in [-0.4, -0.2) is 29.5 Å². The smallest absolute Gasteiger partial charge is 0.253 e. The van der Waals surface area contributed by atoms with Crippen LogP contribution in [0.3, 0.4) is 0 Å². The zero-order valence-electron chi connectivity index (χ0n) is 12.8. The van der Waals surface area contributed by atoms with E-state index in [0.717, 1.165) is 48.0 Å². The molecule has 2 aromatic rings. The van der Waals surface area contributed by atoms with E-state index in [1.807, 2.05) is 18.2 Å². The molecule has 0 saturated carbocycles. The van der Waals surface area contributed by atoms with Crippen LogP contribution in [0.4, 0.5) is 0 Å². The highest BCUT2D eigenvalue weighted by molar-refractivity contribution is 6.09. The molecule has 0 saturated heterocycles. The molecule has 2 heterocycles. The minimum atomic E-state index is 0. The summed E-state index contributed by atoms with van der Waals surface area (Å²) in [5, 5.41) is 6.79. The number of hydrogen-bond donors (Lipinski definition) is 2. The lowest BCUT2D eigenvalue weighted by Gasteiger charge is -2.16. The Morgan fingerprint density at radius 1 is 0.909 bits per heavy atom. The number of nitrogens with one attached hydrogen (secondary N) is 2.